The molecule has 1 heterocycles. The Morgan fingerprint density at radius 1 is 1.33 bits per heavy atom. The van der Waals surface area contributed by atoms with E-state index in [-0.39, 0.29) is 5.91 Å². The van der Waals surface area contributed by atoms with Crippen molar-refractivity contribution in [2.24, 2.45) is 5.73 Å². The summed E-state index contributed by atoms with van der Waals surface area (Å²) in [5, 5.41) is 9.71. The van der Waals surface area contributed by atoms with Crippen molar-refractivity contribution in [2.75, 3.05) is 5.32 Å². The molecule has 0 saturated heterocycles. The number of rotatable bonds is 6. The van der Waals surface area contributed by atoms with Crippen LogP contribution >= 0.6 is 0 Å². The highest BCUT2D eigenvalue weighted by molar-refractivity contribution is 5.93. The highest BCUT2D eigenvalue weighted by atomic mass is 16.2. The molecule has 2 aromatic rings. The monoisotopic (exact) mass is 286 g/mol. The molecule has 0 saturated carbocycles. The van der Waals surface area contributed by atoms with E-state index in [1.807, 2.05) is 36.4 Å². The van der Waals surface area contributed by atoms with Crippen LogP contribution in [0.1, 0.15) is 37.4 Å². The Hall–Kier alpha value is -2.14. The van der Waals surface area contributed by atoms with Gasteiger partial charge in [-0.2, -0.15) is 5.10 Å². The van der Waals surface area contributed by atoms with Gasteiger partial charge in [0.05, 0.1) is 6.04 Å². The first-order chi connectivity index (χ1) is 10.1. The summed E-state index contributed by atoms with van der Waals surface area (Å²) >= 11 is 0. The van der Waals surface area contributed by atoms with E-state index < -0.39 is 6.04 Å². The van der Waals surface area contributed by atoms with Crippen molar-refractivity contribution in [2.45, 2.75) is 38.6 Å². The summed E-state index contributed by atoms with van der Waals surface area (Å²) in [6.07, 6.45) is 1.39. The van der Waals surface area contributed by atoms with Crippen molar-refractivity contribution in [1.82, 2.24) is 10.2 Å². The number of carbonyl (C=O) groups is 1. The van der Waals surface area contributed by atoms with Crippen molar-refractivity contribution in [1.29, 1.82) is 0 Å². The quantitative estimate of drug-likeness (QED) is 0.762. The van der Waals surface area contributed by atoms with E-state index in [2.05, 4.69) is 29.4 Å². The van der Waals surface area contributed by atoms with E-state index in [1.165, 1.54) is 5.56 Å². The minimum atomic E-state index is -0.538. The van der Waals surface area contributed by atoms with Crippen LogP contribution in [0.3, 0.4) is 0 Å². The molecule has 0 fully saturated rings. The predicted octanol–water partition coefficient (Wildman–Crippen LogP) is 2.43. The van der Waals surface area contributed by atoms with Crippen LogP contribution in [0.15, 0.2) is 36.4 Å². The summed E-state index contributed by atoms with van der Waals surface area (Å²) in [7, 11) is 0. The van der Waals surface area contributed by atoms with Crippen molar-refractivity contribution < 1.29 is 4.79 Å². The molecule has 1 aromatic heterocycles. The van der Waals surface area contributed by atoms with Crippen LogP contribution in [-0.2, 0) is 11.2 Å². The van der Waals surface area contributed by atoms with Gasteiger partial charge < -0.3 is 11.1 Å². The second kappa shape index (κ2) is 7.04. The van der Waals surface area contributed by atoms with Crippen LogP contribution in [0.5, 0.6) is 0 Å². The number of anilines is 1. The van der Waals surface area contributed by atoms with E-state index in [4.69, 9.17) is 5.73 Å². The molecular formula is C16H22N4O. The lowest BCUT2D eigenvalue weighted by Gasteiger charge is -2.10. The first kappa shape index (κ1) is 15.3. The number of H-pyrrole nitrogens is 1. The number of nitrogens with zero attached hydrogens (tertiary/aromatic N) is 1. The zero-order valence-corrected chi connectivity index (χ0v) is 12.5. The number of benzene rings is 1. The number of aryl methyl sites for hydroxylation is 1. The van der Waals surface area contributed by atoms with Gasteiger partial charge in [0.1, 0.15) is 0 Å². The lowest BCUT2D eigenvalue weighted by Crippen LogP contribution is -2.36. The van der Waals surface area contributed by atoms with E-state index in [1.54, 1.807) is 0 Å². The number of nitrogens with two attached hydrogens (primary N) is 1. The largest absolute Gasteiger partial charge is 0.320 e. The Labute approximate surface area is 124 Å². The highest BCUT2D eigenvalue weighted by Gasteiger charge is 2.15. The van der Waals surface area contributed by atoms with Gasteiger partial charge in [0.15, 0.2) is 5.82 Å². The van der Waals surface area contributed by atoms with E-state index in [0.717, 1.165) is 12.1 Å². The summed E-state index contributed by atoms with van der Waals surface area (Å²) in [6, 6.07) is 11.3. The molecule has 0 spiro atoms. The maximum atomic E-state index is 12.0. The number of nitrogens with one attached hydrogen (secondary N) is 2. The van der Waals surface area contributed by atoms with E-state index in [9.17, 15) is 4.79 Å². The summed E-state index contributed by atoms with van der Waals surface area (Å²) in [4.78, 5) is 12.0. The van der Waals surface area contributed by atoms with Gasteiger partial charge in [0.25, 0.3) is 0 Å². The van der Waals surface area contributed by atoms with Crippen LogP contribution < -0.4 is 11.1 Å². The molecule has 112 valence electrons. The summed E-state index contributed by atoms with van der Waals surface area (Å²) in [6.45, 7) is 4.12. The lowest BCUT2D eigenvalue weighted by atomic mass is 10.1. The van der Waals surface area contributed by atoms with Gasteiger partial charge in [-0.3, -0.25) is 9.89 Å². The van der Waals surface area contributed by atoms with E-state index in [0.29, 0.717) is 18.2 Å². The minimum absolute atomic E-state index is 0.201. The van der Waals surface area contributed by atoms with Crippen molar-refractivity contribution in [3.63, 3.8) is 0 Å². The van der Waals surface area contributed by atoms with Crippen molar-refractivity contribution in [3.8, 4) is 0 Å². The van der Waals surface area contributed by atoms with Gasteiger partial charge in [0, 0.05) is 11.8 Å². The summed E-state index contributed by atoms with van der Waals surface area (Å²) in [5.41, 5.74) is 8.10. The molecule has 1 atom stereocenters. The molecule has 5 nitrogen and oxygen atoms in total. The first-order valence-corrected chi connectivity index (χ1v) is 7.22. The molecule has 1 aromatic carbocycles. The average molecular weight is 286 g/mol. The minimum Gasteiger partial charge on any atom is -0.320 e. The summed E-state index contributed by atoms with van der Waals surface area (Å²) < 4.78 is 0. The number of aromatic amines is 1. The molecule has 0 unspecified atom stereocenters. The van der Waals surface area contributed by atoms with Crippen LogP contribution in [0, 0.1) is 0 Å². The van der Waals surface area contributed by atoms with Crippen LogP contribution in [0.25, 0.3) is 0 Å². The number of hydrogen-bond acceptors (Lipinski definition) is 3. The molecule has 2 rings (SSSR count). The third-order valence-corrected chi connectivity index (χ3v) is 3.39. The molecule has 4 N–H and O–H groups in total. The standard InChI is InChI=1S/C16H22N4O/c1-11(2)14-10-15(20-19-14)18-16(21)13(17)9-8-12-6-4-3-5-7-12/h3-7,10-11,13H,8-9,17H2,1-2H3,(H2,18,19,20,21)/t13-/m0/s1. The smallest absolute Gasteiger partial charge is 0.242 e. The molecule has 0 bridgehead atoms. The lowest BCUT2D eigenvalue weighted by molar-refractivity contribution is -0.117. The third kappa shape index (κ3) is 4.43. The number of hydrogen-bond donors (Lipinski definition) is 3. The van der Waals surface area contributed by atoms with Crippen LogP contribution in [0.4, 0.5) is 5.82 Å². The zero-order valence-electron chi connectivity index (χ0n) is 12.5. The Morgan fingerprint density at radius 3 is 2.67 bits per heavy atom. The third-order valence-electron chi connectivity index (χ3n) is 3.39. The molecule has 0 aliphatic rings. The van der Waals surface area contributed by atoms with Gasteiger partial charge in [0.2, 0.25) is 5.91 Å². The van der Waals surface area contributed by atoms with Crippen LogP contribution in [-0.4, -0.2) is 22.1 Å². The average Bonchev–Trinajstić information content (AvgIpc) is 2.94. The number of aromatic nitrogens is 2. The normalized spacial score (nSPS) is 12.4. The molecule has 5 heteroatoms. The Balaban J connectivity index is 1.84. The van der Waals surface area contributed by atoms with Crippen molar-refractivity contribution in [3.05, 3.63) is 47.7 Å². The summed E-state index contributed by atoms with van der Waals surface area (Å²) in [5.74, 6) is 0.668. The van der Waals surface area contributed by atoms with Crippen molar-refractivity contribution >= 4 is 11.7 Å². The predicted molar refractivity (Wildman–Crippen MR) is 84.0 cm³/mol. The van der Waals surface area contributed by atoms with E-state index >= 15 is 0 Å². The van der Waals surface area contributed by atoms with Gasteiger partial charge in [-0.1, -0.05) is 44.2 Å². The van der Waals surface area contributed by atoms with Gasteiger partial charge >= 0.3 is 0 Å². The molecule has 0 aliphatic heterocycles. The fourth-order valence-corrected chi connectivity index (χ4v) is 2.01. The molecule has 21 heavy (non-hydrogen) atoms. The van der Waals surface area contributed by atoms with Gasteiger partial charge in [-0.25, -0.2) is 0 Å². The molecule has 0 radical (unpaired) electrons. The Bertz CT molecular complexity index is 577. The number of amides is 1. The molecule has 1 amide bonds. The van der Waals surface area contributed by atoms with Crippen LogP contribution in [0.2, 0.25) is 0 Å². The number of carbonyl (C=O) groups excluding carboxylic acids is 1. The first-order valence-electron chi connectivity index (χ1n) is 7.22. The topological polar surface area (TPSA) is 83.8 Å². The molecular weight excluding hydrogens is 264 g/mol. The zero-order chi connectivity index (χ0) is 15.2. The highest BCUT2D eigenvalue weighted by Crippen LogP contribution is 2.15. The second-order valence-electron chi connectivity index (χ2n) is 5.48. The van der Waals surface area contributed by atoms with Gasteiger partial charge in [-0.05, 0) is 24.3 Å². The second-order valence-corrected chi connectivity index (χ2v) is 5.48. The maximum absolute atomic E-state index is 12.0. The SMILES string of the molecule is CC(C)c1cc(NC(=O)[C@@H](N)CCc2ccccc2)n[nH]1. The Kier molecular flexibility index (Phi) is 5.11. The Morgan fingerprint density at radius 2 is 2.05 bits per heavy atom. The maximum Gasteiger partial charge on any atom is 0.242 e. The fraction of sp³-hybridized carbons (Fsp3) is 0.375. The fourth-order valence-electron chi connectivity index (χ4n) is 2.01. The van der Waals surface area contributed by atoms with Gasteiger partial charge in [-0.15, -0.1) is 0 Å². The molecule has 0 aliphatic carbocycles.